The number of hydrogen-bond acceptors (Lipinski definition) is 4. The average Bonchev–Trinajstić information content (AvgIpc) is 2.82. The first-order valence-electron chi connectivity index (χ1n) is 10.7. The quantitative estimate of drug-likeness (QED) is 0.605. The van der Waals surface area contributed by atoms with Gasteiger partial charge in [-0.05, 0) is 65.9 Å². The monoisotopic (exact) mass is 468 g/mol. The van der Waals surface area contributed by atoms with E-state index in [4.69, 9.17) is 5.73 Å². The molecule has 9 heteroatoms. The van der Waals surface area contributed by atoms with Gasteiger partial charge in [-0.1, -0.05) is 30.3 Å². The van der Waals surface area contributed by atoms with Gasteiger partial charge in [0.25, 0.3) is 5.91 Å². The fourth-order valence-electron chi connectivity index (χ4n) is 3.96. The number of rotatable bonds is 4. The van der Waals surface area contributed by atoms with E-state index in [1.165, 1.54) is 18.2 Å². The Kier molecular flexibility index (Phi) is 6.28. The Morgan fingerprint density at radius 2 is 1.74 bits per heavy atom. The van der Waals surface area contributed by atoms with Gasteiger partial charge in [0.2, 0.25) is 5.91 Å². The highest BCUT2D eigenvalue weighted by molar-refractivity contribution is 5.96. The molecular weight excluding hydrogens is 445 g/mol. The number of halogens is 3. The zero-order valence-electron chi connectivity index (χ0n) is 18.4. The molecule has 3 N–H and O–H groups in total. The molecule has 0 radical (unpaired) electrons. The van der Waals surface area contributed by atoms with Crippen LogP contribution in [0.4, 0.5) is 19.0 Å². The van der Waals surface area contributed by atoms with Crippen LogP contribution in [0.1, 0.15) is 34.1 Å². The number of fused-ring (bicyclic) bond motifs is 1. The summed E-state index contributed by atoms with van der Waals surface area (Å²) in [6.07, 6.45) is -3.74. The van der Waals surface area contributed by atoms with E-state index < -0.39 is 23.7 Å². The number of alkyl halides is 3. The van der Waals surface area contributed by atoms with Crippen LogP contribution in [0.5, 0.6) is 0 Å². The molecular formula is C25H23F3N4O2. The first-order valence-corrected chi connectivity index (χ1v) is 10.7. The number of pyridine rings is 1. The molecule has 1 aliphatic rings. The van der Waals surface area contributed by atoms with Crippen molar-refractivity contribution in [3.8, 4) is 11.1 Å². The number of nitrogens with one attached hydrogen (secondary N) is 1. The number of anilines is 1. The summed E-state index contributed by atoms with van der Waals surface area (Å²) in [5.74, 6) is -0.513. The van der Waals surface area contributed by atoms with E-state index in [0.29, 0.717) is 25.1 Å². The number of carbonyl (C=O) groups excluding carboxylic acids is 2. The highest BCUT2D eigenvalue weighted by Crippen LogP contribution is 2.32. The van der Waals surface area contributed by atoms with E-state index in [-0.39, 0.29) is 17.4 Å². The molecule has 176 valence electrons. The fourth-order valence-corrected chi connectivity index (χ4v) is 3.96. The Morgan fingerprint density at radius 3 is 2.41 bits per heavy atom. The molecule has 0 saturated carbocycles. The molecule has 2 amide bonds. The third-order valence-corrected chi connectivity index (χ3v) is 5.80. The average molecular weight is 468 g/mol. The van der Waals surface area contributed by atoms with Crippen LogP contribution in [0.2, 0.25) is 0 Å². The van der Waals surface area contributed by atoms with E-state index in [9.17, 15) is 22.8 Å². The van der Waals surface area contributed by atoms with Crippen LogP contribution in [-0.2, 0) is 23.9 Å². The number of amides is 2. The van der Waals surface area contributed by atoms with Gasteiger partial charge in [0.05, 0.1) is 5.56 Å². The third kappa shape index (κ3) is 5.03. The lowest BCUT2D eigenvalue weighted by atomic mass is 9.94. The van der Waals surface area contributed by atoms with Gasteiger partial charge in [-0.15, -0.1) is 0 Å². The van der Waals surface area contributed by atoms with Gasteiger partial charge in [0.1, 0.15) is 17.6 Å². The topological polar surface area (TPSA) is 88.3 Å². The number of aromatic nitrogens is 1. The van der Waals surface area contributed by atoms with Crippen molar-refractivity contribution < 1.29 is 22.8 Å². The fraction of sp³-hybridized carbons (Fsp3) is 0.240. The van der Waals surface area contributed by atoms with Crippen molar-refractivity contribution in [3.63, 3.8) is 0 Å². The molecule has 0 unspecified atom stereocenters. The molecule has 0 spiro atoms. The lowest BCUT2D eigenvalue weighted by molar-refractivity contribution is -0.137. The minimum Gasteiger partial charge on any atom is -0.384 e. The molecule has 1 atom stereocenters. The van der Waals surface area contributed by atoms with Gasteiger partial charge in [0.15, 0.2) is 0 Å². The maximum absolute atomic E-state index is 13.0. The molecule has 2 heterocycles. The van der Waals surface area contributed by atoms with E-state index in [1.807, 2.05) is 18.2 Å². The van der Waals surface area contributed by atoms with Gasteiger partial charge in [-0.25, -0.2) is 4.98 Å². The third-order valence-electron chi connectivity index (χ3n) is 5.80. The molecule has 3 aromatic rings. The Hall–Kier alpha value is -3.88. The summed E-state index contributed by atoms with van der Waals surface area (Å²) in [6, 6.07) is 14.6. The summed E-state index contributed by atoms with van der Waals surface area (Å²) in [5.41, 5.74) is 8.49. The molecule has 2 aromatic carbocycles. The van der Waals surface area contributed by atoms with Crippen molar-refractivity contribution in [1.82, 2.24) is 15.2 Å². The van der Waals surface area contributed by atoms with Crippen LogP contribution >= 0.6 is 0 Å². The van der Waals surface area contributed by atoms with Crippen LogP contribution in [0.3, 0.4) is 0 Å². The number of carbonyl (C=O) groups is 2. The Bertz CT molecular complexity index is 1230. The van der Waals surface area contributed by atoms with Crippen molar-refractivity contribution in [1.29, 1.82) is 0 Å². The van der Waals surface area contributed by atoms with Gasteiger partial charge in [-0.3, -0.25) is 9.59 Å². The standard InChI is InChI=1S/C25H23F3N4O2/c1-15(30-23(33)21-3-2-4-22(29)31-21)24(34)32-12-11-17-5-6-18(13-19(17)14-32)16-7-9-20(10-8-16)25(26,27)28/h2-10,13,15H,11-12,14H2,1H3,(H2,29,31)(H,30,33)/t15-/m0/s1. The summed E-state index contributed by atoms with van der Waals surface area (Å²) in [6.45, 7) is 2.46. The van der Waals surface area contributed by atoms with Crippen LogP contribution in [0.15, 0.2) is 60.7 Å². The van der Waals surface area contributed by atoms with Gasteiger partial charge >= 0.3 is 6.18 Å². The number of benzene rings is 2. The lowest BCUT2D eigenvalue weighted by Gasteiger charge is -2.31. The second kappa shape index (κ2) is 9.17. The molecule has 0 bridgehead atoms. The summed E-state index contributed by atoms with van der Waals surface area (Å²) < 4.78 is 38.6. The normalized spacial score (nSPS) is 14.3. The van der Waals surface area contributed by atoms with E-state index >= 15 is 0 Å². The maximum Gasteiger partial charge on any atom is 0.416 e. The molecule has 1 aromatic heterocycles. The van der Waals surface area contributed by atoms with Crippen LogP contribution < -0.4 is 11.1 Å². The van der Waals surface area contributed by atoms with Crippen LogP contribution in [0.25, 0.3) is 11.1 Å². The minimum atomic E-state index is -4.38. The van der Waals surface area contributed by atoms with E-state index in [0.717, 1.165) is 28.8 Å². The lowest BCUT2D eigenvalue weighted by Crippen LogP contribution is -2.48. The van der Waals surface area contributed by atoms with E-state index in [1.54, 1.807) is 24.0 Å². The number of nitrogens with zero attached hydrogens (tertiary/aromatic N) is 2. The zero-order valence-corrected chi connectivity index (χ0v) is 18.4. The van der Waals surface area contributed by atoms with Crippen molar-refractivity contribution >= 4 is 17.6 Å². The summed E-state index contributed by atoms with van der Waals surface area (Å²) in [5, 5.41) is 2.66. The summed E-state index contributed by atoms with van der Waals surface area (Å²) in [4.78, 5) is 31.0. The Morgan fingerprint density at radius 1 is 1.03 bits per heavy atom. The molecule has 1 aliphatic heterocycles. The first kappa shape index (κ1) is 23.3. The highest BCUT2D eigenvalue weighted by atomic mass is 19.4. The first-order chi connectivity index (χ1) is 16.1. The molecule has 6 nitrogen and oxygen atoms in total. The van der Waals surface area contributed by atoms with Gasteiger partial charge in [-0.2, -0.15) is 13.2 Å². The van der Waals surface area contributed by atoms with E-state index in [2.05, 4.69) is 10.3 Å². The number of nitrogens with two attached hydrogens (primary N) is 1. The molecule has 0 fully saturated rings. The van der Waals surface area contributed by atoms with Crippen molar-refractivity contribution in [2.45, 2.75) is 32.1 Å². The van der Waals surface area contributed by atoms with Crippen molar-refractivity contribution in [2.24, 2.45) is 0 Å². The minimum absolute atomic E-state index is 0.129. The van der Waals surface area contributed by atoms with Gasteiger partial charge in [0, 0.05) is 13.1 Å². The molecule has 0 aliphatic carbocycles. The number of nitrogen functional groups attached to an aromatic ring is 1. The predicted octanol–water partition coefficient (Wildman–Crippen LogP) is 4.05. The summed E-state index contributed by atoms with van der Waals surface area (Å²) in [7, 11) is 0. The van der Waals surface area contributed by atoms with Crippen LogP contribution in [-0.4, -0.2) is 34.3 Å². The largest absolute Gasteiger partial charge is 0.416 e. The van der Waals surface area contributed by atoms with Crippen molar-refractivity contribution in [2.75, 3.05) is 12.3 Å². The van der Waals surface area contributed by atoms with Crippen molar-refractivity contribution in [3.05, 3.63) is 83.0 Å². The molecule has 34 heavy (non-hydrogen) atoms. The SMILES string of the molecule is C[C@H](NC(=O)c1cccc(N)n1)C(=O)N1CCc2ccc(-c3ccc(C(F)(F)F)cc3)cc2C1. The molecule has 0 saturated heterocycles. The Balaban J connectivity index is 1.46. The summed E-state index contributed by atoms with van der Waals surface area (Å²) >= 11 is 0. The zero-order chi connectivity index (χ0) is 24.5. The highest BCUT2D eigenvalue weighted by Gasteiger charge is 2.30. The number of hydrogen-bond donors (Lipinski definition) is 2. The predicted molar refractivity (Wildman–Crippen MR) is 122 cm³/mol. The molecule has 4 rings (SSSR count). The van der Waals surface area contributed by atoms with Crippen LogP contribution in [0, 0.1) is 0 Å². The second-order valence-electron chi connectivity index (χ2n) is 8.21. The Labute approximate surface area is 194 Å². The second-order valence-corrected chi connectivity index (χ2v) is 8.21. The van der Waals surface area contributed by atoms with Gasteiger partial charge < -0.3 is 16.0 Å². The smallest absolute Gasteiger partial charge is 0.384 e. The maximum atomic E-state index is 13.0.